The molecule has 13 heavy (non-hydrogen) atoms. The second kappa shape index (κ2) is 4.28. The van der Waals surface area contributed by atoms with Gasteiger partial charge in [-0.05, 0) is 48.8 Å². The van der Waals surface area contributed by atoms with E-state index >= 15 is 0 Å². The van der Waals surface area contributed by atoms with E-state index in [-0.39, 0.29) is 0 Å². The van der Waals surface area contributed by atoms with Crippen LogP contribution in [0.25, 0.3) is 0 Å². The van der Waals surface area contributed by atoms with E-state index in [2.05, 4.69) is 34.1 Å². The summed E-state index contributed by atoms with van der Waals surface area (Å²) in [6, 6.07) is 6.79. The minimum atomic E-state index is 1.09. The maximum Gasteiger partial charge on any atom is 0.00719 e. The number of benzene rings is 1. The Kier molecular flexibility index (Phi) is 3.05. The Morgan fingerprint density at radius 3 is 2.85 bits per heavy atom. The maximum atomic E-state index is 3.51. The van der Waals surface area contributed by atoms with Crippen LogP contribution >= 0.6 is 15.9 Å². The molecule has 0 aliphatic heterocycles. The second-order valence-electron chi connectivity index (χ2n) is 3.70. The Hall–Kier alpha value is -0.300. The molecule has 1 aliphatic rings. The summed E-state index contributed by atoms with van der Waals surface area (Å²) in [6.45, 7) is 0. The molecule has 0 fully saturated rings. The van der Waals surface area contributed by atoms with E-state index in [1.54, 1.807) is 16.7 Å². The molecule has 1 aliphatic carbocycles. The van der Waals surface area contributed by atoms with Crippen LogP contribution in [0.2, 0.25) is 0 Å². The molecule has 0 bridgehead atoms. The number of aryl methyl sites for hydroxylation is 2. The van der Waals surface area contributed by atoms with E-state index in [1.165, 1.54) is 32.1 Å². The summed E-state index contributed by atoms with van der Waals surface area (Å²) >= 11 is 3.51. The van der Waals surface area contributed by atoms with Gasteiger partial charge >= 0.3 is 0 Å². The van der Waals surface area contributed by atoms with Crippen LogP contribution in [0.1, 0.15) is 29.5 Å². The average Bonchev–Trinajstić information content (AvgIpc) is 2.19. The molecule has 0 nitrogen and oxygen atoms in total. The predicted octanol–water partition coefficient (Wildman–Crippen LogP) is 3.50. The van der Waals surface area contributed by atoms with Gasteiger partial charge in [-0.25, -0.2) is 0 Å². The predicted molar refractivity (Wildman–Crippen MR) is 60.6 cm³/mol. The number of halogens is 1. The van der Waals surface area contributed by atoms with Crippen LogP contribution in [0.4, 0.5) is 0 Å². The summed E-state index contributed by atoms with van der Waals surface area (Å²) in [7, 11) is 0. The van der Waals surface area contributed by atoms with E-state index in [1.807, 2.05) is 0 Å². The van der Waals surface area contributed by atoms with Gasteiger partial charge in [-0.3, -0.25) is 0 Å². The first kappa shape index (κ1) is 9.26. The zero-order chi connectivity index (χ0) is 9.10. The molecule has 2 rings (SSSR count). The van der Waals surface area contributed by atoms with Gasteiger partial charge < -0.3 is 0 Å². The highest BCUT2D eigenvalue weighted by Crippen LogP contribution is 2.24. The molecule has 0 aromatic heterocycles. The molecule has 0 heterocycles. The Morgan fingerprint density at radius 2 is 2.00 bits per heavy atom. The molecule has 0 atom stereocenters. The van der Waals surface area contributed by atoms with Crippen LogP contribution in [0, 0.1) is 0 Å². The molecular formula is C12H15Br. The Morgan fingerprint density at radius 1 is 1.15 bits per heavy atom. The lowest BCUT2D eigenvalue weighted by Crippen LogP contribution is -2.06. The van der Waals surface area contributed by atoms with Crippen molar-refractivity contribution in [2.45, 2.75) is 32.1 Å². The lowest BCUT2D eigenvalue weighted by molar-refractivity contribution is 0.679. The quantitative estimate of drug-likeness (QED) is 0.693. The van der Waals surface area contributed by atoms with E-state index in [4.69, 9.17) is 0 Å². The third-order valence-electron chi connectivity index (χ3n) is 2.86. The first-order chi connectivity index (χ1) is 6.42. The smallest absolute Gasteiger partial charge is 0.00719 e. The number of hydrogen-bond donors (Lipinski definition) is 0. The molecular weight excluding hydrogens is 224 g/mol. The summed E-state index contributed by atoms with van der Waals surface area (Å²) in [5.74, 6) is 0. The Bertz CT molecular complexity index is 291. The highest BCUT2D eigenvalue weighted by atomic mass is 79.9. The third kappa shape index (κ3) is 1.96. The lowest BCUT2D eigenvalue weighted by Gasteiger charge is -2.18. The van der Waals surface area contributed by atoms with Crippen molar-refractivity contribution < 1.29 is 0 Å². The largest absolute Gasteiger partial charge is 0.0924 e. The van der Waals surface area contributed by atoms with Crippen LogP contribution in [0.3, 0.4) is 0 Å². The molecule has 0 saturated carbocycles. The molecule has 0 radical (unpaired) electrons. The van der Waals surface area contributed by atoms with Gasteiger partial charge in [0.25, 0.3) is 0 Å². The Labute approximate surface area is 88.5 Å². The molecule has 1 aromatic carbocycles. The van der Waals surface area contributed by atoms with E-state index < -0.39 is 0 Å². The van der Waals surface area contributed by atoms with Crippen molar-refractivity contribution in [1.29, 1.82) is 0 Å². The van der Waals surface area contributed by atoms with Crippen molar-refractivity contribution in [3.05, 3.63) is 34.9 Å². The average molecular weight is 239 g/mol. The second-order valence-corrected chi connectivity index (χ2v) is 4.49. The van der Waals surface area contributed by atoms with Gasteiger partial charge in [-0.1, -0.05) is 34.1 Å². The highest BCUT2D eigenvalue weighted by molar-refractivity contribution is 9.09. The SMILES string of the molecule is BrCCc1cccc2c1CCCC2. The van der Waals surface area contributed by atoms with Gasteiger partial charge in [-0.2, -0.15) is 0 Å². The topological polar surface area (TPSA) is 0 Å². The van der Waals surface area contributed by atoms with Crippen molar-refractivity contribution in [1.82, 2.24) is 0 Å². The lowest BCUT2D eigenvalue weighted by atomic mass is 9.87. The summed E-state index contributed by atoms with van der Waals surface area (Å²) in [5.41, 5.74) is 4.81. The number of alkyl halides is 1. The summed E-state index contributed by atoms with van der Waals surface area (Å²) in [5, 5.41) is 1.09. The zero-order valence-electron chi connectivity index (χ0n) is 7.85. The van der Waals surface area contributed by atoms with E-state index in [0.717, 1.165) is 5.33 Å². The number of fused-ring (bicyclic) bond motifs is 1. The maximum absolute atomic E-state index is 3.51. The van der Waals surface area contributed by atoms with Crippen molar-refractivity contribution in [3.8, 4) is 0 Å². The fourth-order valence-corrected chi connectivity index (χ4v) is 2.62. The third-order valence-corrected chi connectivity index (χ3v) is 3.25. The molecule has 0 unspecified atom stereocenters. The van der Waals surface area contributed by atoms with E-state index in [0.29, 0.717) is 0 Å². The van der Waals surface area contributed by atoms with Gasteiger partial charge in [0.05, 0.1) is 0 Å². The molecule has 0 amide bonds. The molecule has 1 aromatic rings. The fourth-order valence-electron chi connectivity index (χ4n) is 2.20. The molecule has 0 N–H and O–H groups in total. The van der Waals surface area contributed by atoms with Crippen LogP contribution in [0.5, 0.6) is 0 Å². The first-order valence-electron chi connectivity index (χ1n) is 5.07. The minimum Gasteiger partial charge on any atom is -0.0924 e. The standard InChI is InChI=1S/C12H15Br/c13-9-8-11-6-3-5-10-4-1-2-7-12(10)11/h3,5-6H,1-2,4,7-9H2. The summed E-state index contributed by atoms with van der Waals surface area (Å²) in [4.78, 5) is 0. The van der Waals surface area contributed by atoms with Crippen LogP contribution in [-0.4, -0.2) is 5.33 Å². The summed E-state index contributed by atoms with van der Waals surface area (Å²) in [6.07, 6.45) is 6.55. The highest BCUT2D eigenvalue weighted by Gasteiger charge is 2.11. The zero-order valence-corrected chi connectivity index (χ0v) is 9.44. The van der Waals surface area contributed by atoms with Crippen molar-refractivity contribution >= 4 is 15.9 Å². The number of rotatable bonds is 2. The van der Waals surface area contributed by atoms with Gasteiger partial charge in [0, 0.05) is 5.33 Å². The molecule has 1 heteroatoms. The monoisotopic (exact) mass is 238 g/mol. The summed E-state index contributed by atoms with van der Waals surface area (Å²) < 4.78 is 0. The van der Waals surface area contributed by atoms with Crippen LogP contribution < -0.4 is 0 Å². The normalized spacial score (nSPS) is 15.5. The van der Waals surface area contributed by atoms with Crippen molar-refractivity contribution in [2.24, 2.45) is 0 Å². The first-order valence-corrected chi connectivity index (χ1v) is 6.19. The van der Waals surface area contributed by atoms with Gasteiger partial charge in [0.15, 0.2) is 0 Å². The van der Waals surface area contributed by atoms with Crippen molar-refractivity contribution in [3.63, 3.8) is 0 Å². The number of hydrogen-bond acceptors (Lipinski definition) is 0. The van der Waals surface area contributed by atoms with Gasteiger partial charge in [-0.15, -0.1) is 0 Å². The van der Waals surface area contributed by atoms with Gasteiger partial charge in [0.2, 0.25) is 0 Å². The Balaban J connectivity index is 2.34. The molecule has 70 valence electrons. The van der Waals surface area contributed by atoms with Crippen molar-refractivity contribution in [2.75, 3.05) is 5.33 Å². The molecule has 0 spiro atoms. The molecule has 0 saturated heterocycles. The van der Waals surface area contributed by atoms with Crippen LogP contribution in [-0.2, 0) is 19.3 Å². The fraction of sp³-hybridized carbons (Fsp3) is 0.500. The van der Waals surface area contributed by atoms with Crippen LogP contribution in [0.15, 0.2) is 18.2 Å². The van der Waals surface area contributed by atoms with Gasteiger partial charge in [0.1, 0.15) is 0 Å². The van der Waals surface area contributed by atoms with E-state index in [9.17, 15) is 0 Å². The minimum absolute atomic E-state index is 1.09.